The van der Waals surface area contributed by atoms with Crippen molar-refractivity contribution in [3.8, 4) is 0 Å². The van der Waals surface area contributed by atoms with Crippen molar-refractivity contribution in [2.75, 3.05) is 0 Å². The van der Waals surface area contributed by atoms with Crippen LogP contribution in [-0.4, -0.2) is 28.8 Å². The van der Waals surface area contributed by atoms with Crippen LogP contribution >= 0.6 is 0 Å². The summed E-state index contributed by atoms with van der Waals surface area (Å²) in [6.07, 6.45) is 12.2. The minimum Gasteiger partial charge on any atom is -0.393 e. The van der Waals surface area contributed by atoms with Gasteiger partial charge in [-0.25, -0.2) is 4.39 Å². The second-order valence-corrected chi connectivity index (χ2v) is 19.0. The summed E-state index contributed by atoms with van der Waals surface area (Å²) in [4.78, 5) is 39.2. The van der Waals surface area contributed by atoms with Gasteiger partial charge in [0.15, 0.2) is 5.78 Å². The minimum atomic E-state index is -0.438. The van der Waals surface area contributed by atoms with Crippen LogP contribution in [0, 0.1) is 63.0 Å². The van der Waals surface area contributed by atoms with E-state index in [4.69, 9.17) is 0 Å². The lowest BCUT2D eigenvalue weighted by Gasteiger charge is -2.69. The molecule has 0 heterocycles. The number of carbonyl (C=O) groups is 3. The van der Waals surface area contributed by atoms with Crippen molar-refractivity contribution < 1.29 is 23.9 Å². The van der Waals surface area contributed by atoms with Gasteiger partial charge in [-0.15, -0.1) is 6.58 Å². The van der Waals surface area contributed by atoms with Gasteiger partial charge < -0.3 is 15.7 Å². The number of amides is 2. The Kier molecular flexibility index (Phi) is 11.4. The molecule has 5 fully saturated rings. The number of halogens is 1. The molecule has 2 aromatic rings. The molecule has 10 unspecified atom stereocenters. The predicted molar refractivity (Wildman–Crippen MR) is 213 cm³/mol. The molecule has 0 aromatic heterocycles. The van der Waals surface area contributed by atoms with Gasteiger partial charge in [-0.2, -0.15) is 0 Å². The Bertz CT molecular complexity index is 1750. The van der Waals surface area contributed by atoms with Crippen molar-refractivity contribution in [2.45, 2.75) is 132 Å². The van der Waals surface area contributed by atoms with Crippen molar-refractivity contribution in [1.29, 1.82) is 0 Å². The quantitative estimate of drug-likeness (QED) is 0.195. The van der Waals surface area contributed by atoms with Crippen LogP contribution in [0.2, 0.25) is 0 Å². The molecule has 0 aliphatic heterocycles. The van der Waals surface area contributed by atoms with Gasteiger partial charge in [0.1, 0.15) is 5.82 Å². The number of hydrogen-bond acceptors (Lipinski definition) is 4. The van der Waals surface area contributed by atoms with Crippen molar-refractivity contribution in [1.82, 2.24) is 10.6 Å². The summed E-state index contributed by atoms with van der Waals surface area (Å²) in [6.45, 7) is 19.2. The highest BCUT2D eigenvalue weighted by Crippen LogP contribution is 2.73. The van der Waals surface area contributed by atoms with E-state index >= 15 is 4.39 Å². The van der Waals surface area contributed by atoms with E-state index in [0.717, 1.165) is 44.1 Å². The zero-order chi connectivity index (χ0) is 39.2. The number of aliphatic hydroxyl groups is 1. The SMILES string of the molecule is C=CC.CC(=O)c1cccc(CNC(=O)c2ccc(F)c(CNC(=O)C34CCC(C)C3C3CCC5C(C)(CCC6C(C)(C)C(O)CCC65C)C3CC4)c2)c1. The molecule has 3 N–H and O–H groups in total. The lowest BCUT2D eigenvalue weighted by atomic mass is 9.36. The second-order valence-electron chi connectivity index (χ2n) is 19.0. The minimum absolute atomic E-state index is 0.0385. The molecule has 0 saturated heterocycles. The van der Waals surface area contributed by atoms with E-state index in [1.54, 1.807) is 30.3 Å². The van der Waals surface area contributed by atoms with Gasteiger partial charge in [-0.05, 0) is 160 Å². The van der Waals surface area contributed by atoms with Crippen molar-refractivity contribution in [2.24, 2.45) is 57.2 Å². The Morgan fingerprint density at radius 2 is 1.56 bits per heavy atom. The molecular formula is C47H65FN2O4. The van der Waals surface area contributed by atoms with Crippen LogP contribution in [-0.2, 0) is 17.9 Å². The number of nitrogens with one attached hydrogen (secondary N) is 2. The fourth-order valence-corrected chi connectivity index (χ4v) is 13.4. The van der Waals surface area contributed by atoms with Crippen LogP contribution in [0.25, 0.3) is 0 Å². The summed E-state index contributed by atoms with van der Waals surface area (Å²) >= 11 is 0. The van der Waals surface area contributed by atoms with Crippen molar-refractivity contribution in [3.05, 3.63) is 83.2 Å². The van der Waals surface area contributed by atoms with Crippen LogP contribution in [0.5, 0.6) is 0 Å². The Labute approximate surface area is 323 Å². The third-order valence-electron chi connectivity index (χ3n) is 15.9. The summed E-state index contributed by atoms with van der Waals surface area (Å²) in [5.41, 5.74) is 2.03. The molecule has 2 amide bonds. The number of ketones is 1. The molecule has 0 radical (unpaired) electrons. The van der Waals surface area contributed by atoms with E-state index in [2.05, 4.69) is 51.8 Å². The lowest BCUT2D eigenvalue weighted by Crippen LogP contribution is -2.64. The first-order chi connectivity index (χ1) is 25.5. The van der Waals surface area contributed by atoms with E-state index < -0.39 is 11.2 Å². The smallest absolute Gasteiger partial charge is 0.251 e. The van der Waals surface area contributed by atoms with Crippen molar-refractivity contribution in [3.63, 3.8) is 0 Å². The lowest BCUT2D eigenvalue weighted by molar-refractivity contribution is -0.216. The van der Waals surface area contributed by atoms with Crippen LogP contribution in [0.1, 0.15) is 145 Å². The standard InChI is InChI=1S/C44H59FN2O4.C3H6/c1-26-14-20-44(40(51)47-25-31-23-30(10-12-34(31)45)39(50)46-24-28-8-7-9-29(22-28)27(2)48)21-15-33-32(38(26)44)11-13-36-42(33,5)18-16-35-41(3,4)37(49)17-19-43(35,36)6;1-3-2/h7-10,12,22-23,26,32-33,35-38,49H,11,13-21,24-25H2,1-6H3,(H,46,50)(H,47,51);3H,1H2,2H3. The first kappa shape index (κ1) is 40.3. The van der Waals surface area contributed by atoms with Crippen LogP contribution in [0.3, 0.4) is 0 Å². The molecule has 10 atom stereocenters. The number of allylic oxidation sites excluding steroid dienone is 1. The van der Waals surface area contributed by atoms with Crippen LogP contribution in [0.15, 0.2) is 55.1 Å². The molecule has 54 heavy (non-hydrogen) atoms. The van der Waals surface area contributed by atoms with Gasteiger partial charge in [0.25, 0.3) is 5.91 Å². The average Bonchev–Trinajstić information content (AvgIpc) is 3.49. The fraction of sp³-hybridized carbons (Fsp3) is 0.638. The number of Topliss-reactive ketones (excluding diaryl/α,β-unsaturated/α-hetero) is 1. The molecule has 0 bridgehead atoms. The van der Waals surface area contributed by atoms with Gasteiger partial charge in [0.2, 0.25) is 5.91 Å². The first-order valence-corrected chi connectivity index (χ1v) is 20.7. The van der Waals surface area contributed by atoms with Crippen molar-refractivity contribution >= 4 is 17.6 Å². The Hall–Kier alpha value is -3.32. The van der Waals surface area contributed by atoms with Crippen LogP contribution in [0.4, 0.5) is 4.39 Å². The Morgan fingerprint density at radius 3 is 2.28 bits per heavy atom. The average molecular weight is 741 g/mol. The summed E-state index contributed by atoms with van der Waals surface area (Å²) in [6, 6.07) is 11.5. The normalized spacial score (nSPS) is 36.1. The number of aliphatic hydroxyl groups excluding tert-OH is 1. The molecule has 294 valence electrons. The topological polar surface area (TPSA) is 95.5 Å². The zero-order valence-corrected chi connectivity index (χ0v) is 33.9. The highest BCUT2D eigenvalue weighted by molar-refractivity contribution is 5.95. The van der Waals surface area contributed by atoms with E-state index in [1.165, 1.54) is 44.7 Å². The second kappa shape index (κ2) is 15.3. The van der Waals surface area contributed by atoms with E-state index in [9.17, 15) is 19.5 Å². The summed E-state index contributed by atoms with van der Waals surface area (Å²) in [5.74, 6) is 2.35. The maximum absolute atomic E-state index is 15.1. The first-order valence-electron chi connectivity index (χ1n) is 20.7. The van der Waals surface area contributed by atoms with E-state index in [0.29, 0.717) is 52.2 Å². The number of fused-ring (bicyclic) bond motifs is 7. The largest absolute Gasteiger partial charge is 0.393 e. The van der Waals surface area contributed by atoms with Gasteiger partial charge in [0, 0.05) is 29.8 Å². The fourth-order valence-electron chi connectivity index (χ4n) is 13.4. The van der Waals surface area contributed by atoms with Gasteiger partial charge in [0.05, 0.1) is 11.5 Å². The molecule has 5 aliphatic rings. The molecule has 0 spiro atoms. The summed E-state index contributed by atoms with van der Waals surface area (Å²) < 4.78 is 15.1. The molecule has 7 rings (SSSR count). The maximum atomic E-state index is 15.1. The maximum Gasteiger partial charge on any atom is 0.251 e. The van der Waals surface area contributed by atoms with Gasteiger partial charge in [-0.3, -0.25) is 14.4 Å². The monoisotopic (exact) mass is 740 g/mol. The zero-order valence-electron chi connectivity index (χ0n) is 33.9. The Morgan fingerprint density at radius 1 is 0.852 bits per heavy atom. The number of rotatable bonds is 7. The predicted octanol–water partition coefficient (Wildman–Crippen LogP) is 9.84. The highest BCUT2D eigenvalue weighted by Gasteiger charge is 2.67. The number of carbonyl (C=O) groups excluding carboxylic acids is 3. The van der Waals surface area contributed by atoms with Gasteiger partial charge in [-0.1, -0.05) is 58.9 Å². The number of benzene rings is 2. The molecule has 2 aromatic carbocycles. The third kappa shape index (κ3) is 6.90. The Balaban J connectivity index is 0.00000160. The van der Waals surface area contributed by atoms with Gasteiger partial charge >= 0.3 is 0 Å². The third-order valence-corrected chi connectivity index (χ3v) is 15.9. The van der Waals surface area contributed by atoms with E-state index in [1.807, 2.05) is 13.0 Å². The molecule has 7 heteroatoms. The molecule has 5 aliphatic carbocycles. The molecule has 5 saturated carbocycles. The summed E-state index contributed by atoms with van der Waals surface area (Å²) in [7, 11) is 0. The summed E-state index contributed by atoms with van der Waals surface area (Å²) in [5, 5.41) is 17.1. The van der Waals surface area contributed by atoms with E-state index in [-0.39, 0.29) is 53.0 Å². The molecule has 6 nitrogen and oxygen atoms in total. The highest BCUT2D eigenvalue weighted by atomic mass is 19.1. The molecular weight excluding hydrogens is 676 g/mol. The van der Waals surface area contributed by atoms with Crippen LogP contribution < -0.4 is 10.6 Å². The number of hydrogen-bond donors (Lipinski definition) is 3.